The Hall–Kier alpha value is -0.820. The van der Waals surface area contributed by atoms with E-state index in [1.165, 1.54) is 56.1 Å². The van der Waals surface area contributed by atoms with E-state index in [0.29, 0.717) is 0 Å². The molecule has 0 bridgehead atoms. The van der Waals surface area contributed by atoms with Crippen molar-refractivity contribution in [2.45, 2.75) is 71.3 Å². The lowest BCUT2D eigenvalue weighted by molar-refractivity contribution is 0.540. The van der Waals surface area contributed by atoms with Crippen molar-refractivity contribution in [3.63, 3.8) is 0 Å². The summed E-state index contributed by atoms with van der Waals surface area (Å²) in [4.78, 5) is 0. The number of rotatable bonds is 9. The molecular weight excluding hydrogens is 218 g/mol. The number of hydrogen-bond acceptors (Lipinski definition) is 1. The molecule has 0 saturated heterocycles. The van der Waals surface area contributed by atoms with Crippen molar-refractivity contribution in [3.8, 4) is 0 Å². The Bertz CT molecular complexity index is 319. The monoisotopic (exact) mass is 247 g/mol. The second-order valence-electron chi connectivity index (χ2n) is 5.37. The van der Waals surface area contributed by atoms with E-state index < -0.39 is 0 Å². The Morgan fingerprint density at radius 2 is 1.56 bits per heavy atom. The zero-order valence-corrected chi connectivity index (χ0v) is 12.1. The molecule has 0 aromatic heterocycles. The lowest BCUT2D eigenvalue weighted by Gasteiger charge is -2.14. The highest BCUT2D eigenvalue weighted by Crippen LogP contribution is 2.21. The fourth-order valence-corrected chi connectivity index (χ4v) is 2.48. The third kappa shape index (κ3) is 5.68. The van der Waals surface area contributed by atoms with Crippen LogP contribution < -0.4 is 5.73 Å². The Morgan fingerprint density at radius 1 is 0.944 bits per heavy atom. The van der Waals surface area contributed by atoms with Gasteiger partial charge in [-0.2, -0.15) is 0 Å². The highest BCUT2D eigenvalue weighted by molar-refractivity contribution is 5.28. The molecule has 0 radical (unpaired) electrons. The van der Waals surface area contributed by atoms with Crippen LogP contribution in [-0.2, 0) is 0 Å². The highest BCUT2D eigenvalue weighted by Gasteiger charge is 2.07. The first kappa shape index (κ1) is 15.2. The second-order valence-corrected chi connectivity index (χ2v) is 5.37. The molecule has 1 unspecified atom stereocenters. The normalized spacial score (nSPS) is 12.6. The summed E-state index contributed by atoms with van der Waals surface area (Å²) in [5.41, 5.74) is 8.91. The SMILES string of the molecule is CCCCCCCCCC(N)c1ccccc1C. The molecule has 18 heavy (non-hydrogen) atoms. The van der Waals surface area contributed by atoms with Gasteiger partial charge in [0.15, 0.2) is 0 Å². The van der Waals surface area contributed by atoms with Gasteiger partial charge in [0.25, 0.3) is 0 Å². The maximum atomic E-state index is 6.26. The van der Waals surface area contributed by atoms with Crippen molar-refractivity contribution in [2.24, 2.45) is 5.73 Å². The lowest BCUT2D eigenvalue weighted by atomic mass is 9.97. The summed E-state index contributed by atoms with van der Waals surface area (Å²) < 4.78 is 0. The molecule has 1 rings (SSSR count). The summed E-state index contributed by atoms with van der Waals surface area (Å²) >= 11 is 0. The number of nitrogens with two attached hydrogens (primary N) is 1. The van der Waals surface area contributed by atoms with Gasteiger partial charge < -0.3 is 5.73 Å². The van der Waals surface area contributed by atoms with Gasteiger partial charge in [-0.1, -0.05) is 76.1 Å². The van der Waals surface area contributed by atoms with E-state index in [4.69, 9.17) is 5.73 Å². The maximum absolute atomic E-state index is 6.26. The van der Waals surface area contributed by atoms with Gasteiger partial charge in [-0.15, -0.1) is 0 Å². The first-order chi connectivity index (χ1) is 8.75. The van der Waals surface area contributed by atoms with Crippen LogP contribution in [0.25, 0.3) is 0 Å². The minimum atomic E-state index is 0.224. The van der Waals surface area contributed by atoms with E-state index in [1.807, 2.05) is 0 Å². The molecule has 102 valence electrons. The van der Waals surface area contributed by atoms with E-state index in [2.05, 4.69) is 38.1 Å². The zero-order chi connectivity index (χ0) is 13.2. The van der Waals surface area contributed by atoms with Crippen molar-refractivity contribution >= 4 is 0 Å². The Labute approximate surface area is 113 Å². The van der Waals surface area contributed by atoms with Gasteiger partial charge in [-0.3, -0.25) is 0 Å². The average Bonchev–Trinajstić information content (AvgIpc) is 2.38. The third-order valence-corrected chi connectivity index (χ3v) is 3.71. The molecule has 0 aliphatic rings. The third-order valence-electron chi connectivity index (χ3n) is 3.71. The Balaban J connectivity index is 2.14. The topological polar surface area (TPSA) is 26.0 Å². The molecule has 0 fully saturated rings. The molecule has 0 aliphatic heterocycles. The molecule has 1 heteroatoms. The fraction of sp³-hybridized carbons (Fsp3) is 0.647. The first-order valence-corrected chi connectivity index (χ1v) is 7.56. The van der Waals surface area contributed by atoms with Gasteiger partial charge in [-0.05, 0) is 24.5 Å². The van der Waals surface area contributed by atoms with Crippen molar-refractivity contribution in [1.29, 1.82) is 0 Å². The van der Waals surface area contributed by atoms with Crippen LogP contribution in [0, 0.1) is 6.92 Å². The van der Waals surface area contributed by atoms with Gasteiger partial charge >= 0.3 is 0 Å². The number of hydrogen-bond donors (Lipinski definition) is 1. The molecule has 1 atom stereocenters. The van der Waals surface area contributed by atoms with E-state index in [0.717, 1.165) is 6.42 Å². The molecule has 1 aromatic carbocycles. The van der Waals surface area contributed by atoms with Crippen molar-refractivity contribution in [2.75, 3.05) is 0 Å². The molecule has 2 N–H and O–H groups in total. The quantitative estimate of drug-likeness (QED) is 0.601. The van der Waals surface area contributed by atoms with Crippen molar-refractivity contribution < 1.29 is 0 Å². The van der Waals surface area contributed by atoms with Crippen LogP contribution >= 0.6 is 0 Å². The maximum Gasteiger partial charge on any atom is 0.0297 e. The zero-order valence-electron chi connectivity index (χ0n) is 12.1. The van der Waals surface area contributed by atoms with E-state index >= 15 is 0 Å². The molecule has 0 aliphatic carbocycles. The largest absolute Gasteiger partial charge is 0.324 e. The van der Waals surface area contributed by atoms with Gasteiger partial charge in [0.1, 0.15) is 0 Å². The number of unbranched alkanes of at least 4 members (excludes halogenated alkanes) is 6. The standard InChI is InChI=1S/C17H29N/c1-3-4-5-6-7-8-9-14-17(18)16-13-11-10-12-15(16)2/h10-13,17H,3-9,14,18H2,1-2H3. The molecule has 0 saturated carbocycles. The predicted molar refractivity (Wildman–Crippen MR) is 80.7 cm³/mol. The molecule has 0 spiro atoms. The summed E-state index contributed by atoms with van der Waals surface area (Å²) in [6.07, 6.45) is 10.6. The molecule has 1 nitrogen and oxygen atoms in total. The molecular formula is C17H29N. The van der Waals surface area contributed by atoms with Gasteiger partial charge in [0, 0.05) is 6.04 Å². The van der Waals surface area contributed by atoms with E-state index in [1.54, 1.807) is 0 Å². The minimum absolute atomic E-state index is 0.224. The number of aryl methyl sites for hydroxylation is 1. The first-order valence-electron chi connectivity index (χ1n) is 7.56. The van der Waals surface area contributed by atoms with Crippen LogP contribution in [0.3, 0.4) is 0 Å². The van der Waals surface area contributed by atoms with Crippen LogP contribution in [0.1, 0.15) is 75.5 Å². The lowest BCUT2D eigenvalue weighted by Crippen LogP contribution is -2.11. The summed E-state index contributed by atoms with van der Waals surface area (Å²) in [6.45, 7) is 4.42. The highest BCUT2D eigenvalue weighted by atomic mass is 14.6. The smallest absolute Gasteiger partial charge is 0.0297 e. The molecule has 0 amide bonds. The van der Waals surface area contributed by atoms with Crippen LogP contribution in [0.2, 0.25) is 0 Å². The summed E-state index contributed by atoms with van der Waals surface area (Å²) in [6, 6.07) is 8.72. The van der Waals surface area contributed by atoms with Crippen molar-refractivity contribution in [3.05, 3.63) is 35.4 Å². The van der Waals surface area contributed by atoms with Crippen LogP contribution in [0.4, 0.5) is 0 Å². The van der Waals surface area contributed by atoms with Crippen LogP contribution in [-0.4, -0.2) is 0 Å². The van der Waals surface area contributed by atoms with Crippen molar-refractivity contribution in [1.82, 2.24) is 0 Å². The predicted octanol–water partition coefficient (Wildman–Crippen LogP) is 5.14. The second kappa shape index (κ2) is 9.16. The Morgan fingerprint density at radius 3 is 2.22 bits per heavy atom. The fourth-order valence-electron chi connectivity index (χ4n) is 2.48. The molecule has 1 aromatic rings. The van der Waals surface area contributed by atoms with E-state index in [-0.39, 0.29) is 6.04 Å². The van der Waals surface area contributed by atoms with Crippen LogP contribution in [0.5, 0.6) is 0 Å². The molecule has 0 heterocycles. The summed E-state index contributed by atoms with van der Waals surface area (Å²) in [5.74, 6) is 0. The Kier molecular flexibility index (Phi) is 7.75. The summed E-state index contributed by atoms with van der Waals surface area (Å²) in [5, 5.41) is 0. The van der Waals surface area contributed by atoms with Crippen LogP contribution in [0.15, 0.2) is 24.3 Å². The van der Waals surface area contributed by atoms with Gasteiger partial charge in [0.2, 0.25) is 0 Å². The average molecular weight is 247 g/mol. The summed E-state index contributed by atoms with van der Waals surface area (Å²) in [7, 11) is 0. The van der Waals surface area contributed by atoms with E-state index in [9.17, 15) is 0 Å². The minimum Gasteiger partial charge on any atom is -0.324 e. The number of benzene rings is 1. The van der Waals surface area contributed by atoms with Gasteiger partial charge in [-0.25, -0.2) is 0 Å². The van der Waals surface area contributed by atoms with Gasteiger partial charge in [0.05, 0.1) is 0 Å².